The second kappa shape index (κ2) is 5.04. The summed E-state index contributed by atoms with van der Waals surface area (Å²) in [6, 6.07) is 10.1. The molecule has 0 unspecified atom stereocenters. The van der Waals surface area contributed by atoms with E-state index in [9.17, 15) is 13.0 Å². The molecule has 0 bridgehead atoms. The molecule has 0 fully saturated rings. The number of aromatic nitrogens is 1. The van der Waals surface area contributed by atoms with Gasteiger partial charge in [-0.3, -0.25) is 0 Å². The van der Waals surface area contributed by atoms with Gasteiger partial charge < -0.3 is 4.55 Å². The normalized spacial score (nSPS) is 11.9. The van der Waals surface area contributed by atoms with Gasteiger partial charge in [-0.1, -0.05) is 6.07 Å². The van der Waals surface area contributed by atoms with Crippen molar-refractivity contribution in [1.29, 1.82) is 0 Å². The van der Waals surface area contributed by atoms with Gasteiger partial charge in [-0.25, -0.2) is 8.42 Å². The lowest BCUT2D eigenvalue weighted by atomic mass is 10.1. The number of fused-ring (bicyclic) bond motifs is 1. The first kappa shape index (κ1) is 13.0. The molecule has 1 aromatic carbocycles. The summed E-state index contributed by atoms with van der Waals surface area (Å²) in [7, 11) is -4.12. The van der Waals surface area contributed by atoms with E-state index >= 15 is 0 Å². The summed E-state index contributed by atoms with van der Waals surface area (Å²) in [5.74, 6) is -0.317. The van der Waals surface area contributed by atoms with Gasteiger partial charge in [-0.05, 0) is 24.6 Å². The van der Waals surface area contributed by atoms with E-state index < -0.39 is 10.1 Å². The van der Waals surface area contributed by atoms with E-state index in [1.165, 1.54) is 0 Å². The molecule has 0 radical (unpaired) electrons. The van der Waals surface area contributed by atoms with Gasteiger partial charge in [-0.15, -0.1) is 0 Å². The Morgan fingerprint density at radius 2 is 2.06 bits per heavy atom. The van der Waals surface area contributed by atoms with Crippen LogP contribution < -0.4 is 4.57 Å². The molecule has 1 aromatic heterocycles. The minimum Gasteiger partial charge on any atom is -0.748 e. The van der Waals surface area contributed by atoms with Crippen molar-refractivity contribution in [2.24, 2.45) is 0 Å². The Morgan fingerprint density at radius 1 is 1.28 bits per heavy atom. The molecule has 0 aliphatic carbocycles. The zero-order chi connectivity index (χ0) is 13.2. The maximum absolute atomic E-state index is 10.6. The number of aryl methyl sites for hydroxylation is 2. The zero-order valence-corrected chi connectivity index (χ0v) is 11.0. The molecule has 5 heteroatoms. The van der Waals surface area contributed by atoms with Crippen LogP contribution in [0.2, 0.25) is 0 Å². The number of pyridine rings is 1. The third-order valence-electron chi connectivity index (χ3n) is 2.83. The Kier molecular flexibility index (Phi) is 3.63. The molecule has 0 spiro atoms. The fourth-order valence-electron chi connectivity index (χ4n) is 1.98. The van der Waals surface area contributed by atoms with Crippen molar-refractivity contribution >= 4 is 21.0 Å². The monoisotopic (exact) mass is 265 g/mol. The van der Waals surface area contributed by atoms with Crippen molar-refractivity contribution in [1.82, 2.24) is 0 Å². The Labute approximate surface area is 107 Å². The summed E-state index contributed by atoms with van der Waals surface area (Å²) in [6.45, 7) is 2.54. The van der Waals surface area contributed by atoms with E-state index in [1.54, 1.807) is 0 Å². The van der Waals surface area contributed by atoms with Crippen LogP contribution in [0.15, 0.2) is 36.5 Å². The van der Waals surface area contributed by atoms with Crippen molar-refractivity contribution in [3.05, 3.63) is 42.1 Å². The quantitative estimate of drug-likeness (QED) is 0.619. The molecule has 4 nitrogen and oxygen atoms in total. The molecule has 0 aliphatic rings. The number of hydrogen-bond donors (Lipinski definition) is 0. The van der Waals surface area contributed by atoms with E-state index in [0.29, 0.717) is 13.0 Å². The van der Waals surface area contributed by atoms with E-state index in [2.05, 4.69) is 6.07 Å². The smallest absolute Gasteiger partial charge is 0.212 e. The highest BCUT2D eigenvalue weighted by Crippen LogP contribution is 2.11. The molecule has 96 valence electrons. The zero-order valence-electron chi connectivity index (χ0n) is 10.2. The van der Waals surface area contributed by atoms with Crippen LogP contribution >= 0.6 is 0 Å². The number of rotatable bonds is 4. The predicted molar refractivity (Wildman–Crippen MR) is 68.1 cm³/mol. The molecule has 0 saturated carbocycles. The van der Waals surface area contributed by atoms with Gasteiger partial charge in [0.1, 0.15) is 6.54 Å². The predicted octanol–water partition coefficient (Wildman–Crippen LogP) is 1.37. The molecule has 0 saturated heterocycles. The summed E-state index contributed by atoms with van der Waals surface area (Å²) < 4.78 is 33.7. The van der Waals surface area contributed by atoms with Crippen LogP contribution in [0.4, 0.5) is 0 Å². The van der Waals surface area contributed by atoms with Crippen molar-refractivity contribution in [2.75, 3.05) is 5.75 Å². The summed E-state index contributed by atoms with van der Waals surface area (Å²) >= 11 is 0. The largest absolute Gasteiger partial charge is 0.748 e. The van der Waals surface area contributed by atoms with Crippen LogP contribution in [-0.2, 0) is 16.7 Å². The summed E-state index contributed by atoms with van der Waals surface area (Å²) in [4.78, 5) is 0. The van der Waals surface area contributed by atoms with Crippen molar-refractivity contribution in [3.63, 3.8) is 0 Å². The molecule has 0 aliphatic heterocycles. The van der Waals surface area contributed by atoms with Crippen LogP contribution in [0.25, 0.3) is 10.9 Å². The third-order valence-corrected chi connectivity index (χ3v) is 3.62. The molecular weight excluding hydrogens is 250 g/mol. The van der Waals surface area contributed by atoms with Crippen LogP contribution in [0.3, 0.4) is 0 Å². The van der Waals surface area contributed by atoms with Crippen molar-refractivity contribution in [3.8, 4) is 0 Å². The molecule has 18 heavy (non-hydrogen) atoms. The average molecular weight is 265 g/mol. The minimum atomic E-state index is -4.12. The Morgan fingerprint density at radius 3 is 2.78 bits per heavy atom. The Balaban J connectivity index is 2.25. The number of hydrogen-bond acceptors (Lipinski definition) is 3. The van der Waals surface area contributed by atoms with E-state index in [-0.39, 0.29) is 5.75 Å². The van der Waals surface area contributed by atoms with Crippen LogP contribution in [0.5, 0.6) is 0 Å². The van der Waals surface area contributed by atoms with Crippen LogP contribution in [0, 0.1) is 6.92 Å². The summed E-state index contributed by atoms with van der Waals surface area (Å²) in [5.41, 5.74) is 2.21. The average Bonchev–Trinajstić information content (AvgIpc) is 2.28. The molecule has 0 amide bonds. The second-order valence-electron chi connectivity index (χ2n) is 4.38. The lowest BCUT2D eigenvalue weighted by Crippen LogP contribution is -2.35. The number of benzene rings is 1. The molecular formula is C13H15NO3S. The van der Waals surface area contributed by atoms with Gasteiger partial charge >= 0.3 is 0 Å². The molecule has 2 aromatic rings. The molecule has 0 N–H and O–H groups in total. The fourth-order valence-corrected chi connectivity index (χ4v) is 2.46. The van der Waals surface area contributed by atoms with Crippen molar-refractivity contribution < 1.29 is 17.5 Å². The first-order chi connectivity index (χ1) is 8.46. The molecule has 1 heterocycles. The summed E-state index contributed by atoms with van der Waals surface area (Å²) in [5, 5.41) is 1.10. The topological polar surface area (TPSA) is 61.1 Å². The van der Waals surface area contributed by atoms with Crippen molar-refractivity contribution in [2.45, 2.75) is 19.9 Å². The number of nitrogens with zero attached hydrogens (tertiary/aromatic N) is 1. The molecule has 2 rings (SSSR count). The maximum Gasteiger partial charge on any atom is 0.212 e. The van der Waals surface area contributed by atoms with Gasteiger partial charge in [0.05, 0.1) is 10.1 Å². The maximum atomic E-state index is 10.6. The van der Waals surface area contributed by atoms with Gasteiger partial charge in [-0.2, -0.15) is 4.57 Å². The highest BCUT2D eigenvalue weighted by molar-refractivity contribution is 7.85. The Hall–Kier alpha value is -1.46. The first-order valence-corrected chi connectivity index (χ1v) is 7.36. The fraction of sp³-hybridized carbons (Fsp3) is 0.308. The second-order valence-corrected chi connectivity index (χ2v) is 5.90. The highest BCUT2D eigenvalue weighted by Gasteiger charge is 2.08. The SMILES string of the molecule is Cc1ccc2ccc[n+](CCCS(=O)(=O)[O-])c2c1. The first-order valence-electron chi connectivity index (χ1n) is 5.78. The standard InChI is InChI=1S/C13H15NO3S/c1-11-5-6-12-4-2-7-14(13(12)10-11)8-3-9-18(15,16)17/h2,4-7,10H,3,8-9H2,1H3. The Bertz CT molecular complexity index is 665. The van der Waals surface area contributed by atoms with E-state index in [1.807, 2.05) is 42.0 Å². The van der Waals surface area contributed by atoms with Gasteiger partial charge in [0.25, 0.3) is 0 Å². The van der Waals surface area contributed by atoms with Gasteiger partial charge in [0.2, 0.25) is 5.52 Å². The third kappa shape index (κ3) is 3.27. The van der Waals surface area contributed by atoms with E-state index in [0.717, 1.165) is 16.5 Å². The lowest BCUT2D eigenvalue weighted by Gasteiger charge is -2.05. The van der Waals surface area contributed by atoms with Gasteiger partial charge in [0, 0.05) is 29.7 Å². The van der Waals surface area contributed by atoms with Crippen LogP contribution in [-0.4, -0.2) is 18.7 Å². The van der Waals surface area contributed by atoms with Crippen LogP contribution in [0.1, 0.15) is 12.0 Å². The lowest BCUT2D eigenvalue weighted by molar-refractivity contribution is -0.671. The highest BCUT2D eigenvalue weighted by atomic mass is 32.2. The van der Waals surface area contributed by atoms with Gasteiger partial charge in [0.15, 0.2) is 6.20 Å². The summed E-state index contributed by atoms with van der Waals surface area (Å²) in [6.07, 6.45) is 2.24. The van der Waals surface area contributed by atoms with E-state index in [4.69, 9.17) is 0 Å². The minimum absolute atomic E-state index is 0.317. The molecule has 0 atom stereocenters.